The number of aryl methyl sites for hydroxylation is 2. The van der Waals surface area contributed by atoms with Crippen molar-refractivity contribution in [3.05, 3.63) is 39.7 Å². The summed E-state index contributed by atoms with van der Waals surface area (Å²) in [6.07, 6.45) is 0. The van der Waals surface area contributed by atoms with Gasteiger partial charge in [0.15, 0.2) is 6.61 Å². The zero-order valence-electron chi connectivity index (χ0n) is 9.61. The Bertz CT molecular complexity index is 665. The van der Waals surface area contributed by atoms with Crippen molar-refractivity contribution in [2.75, 3.05) is 6.61 Å². The van der Waals surface area contributed by atoms with Gasteiger partial charge in [0.05, 0.1) is 0 Å². The smallest absolute Gasteiger partial charge is 0.336 e. The molecule has 17 heavy (non-hydrogen) atoms. The predicted molar refractivity (Wildman–Crippen MR) is 63.1 cm³/mol. The second-order valence-corrected chi connectivity index (χ2v) is 3.76. The van der Waals surface area contributed by atoms with E-state index in [1.807, 2.05) is 19.1 Å². The minimum absolute atomic E-state index is 0.0254. The highest BCUT2D eigenvalue weighted by molar-refractivity contribution is 5.84. The maximum absolute atomic E-state index is 11.3. The number of hydrogen-bond acceptors (Lipinski definition) is 4. The summed E-state index contributed by atoms with van der Waals surface area (Å²) >= 11 is 0. The minimum Gasteiger partial charge on any atom is -0.478 e. The molecule has 0 fully saturated rings. The van der Waals surface area contributed by atoms with E-state index < -0.39 is 0 Å². The van der Waals surface area contributed by atoms with Crippen molar-refractivity contribution < 1.29 is 9.15 Å². The van der Waals surface area contributed by atoms with Crippen LogP contribution in [0.25, 0.3) is 11.0 Å². The van der Waals surface area contributed by atoms with Crippen LogP contribution in [0.2, 0.25) is 0 Å². The van der Waals surface area contributed by atoms with E-state index in [1.54, 1.807) is 13.0 Å². The highest BCUT2D eigenvalue weighted by Gasteiger charge is 2.09. The van der Waals surface area contributed by atoms with E-state index in [1.165, 1.54) is 6.07 Å². The van der Waals surface area contributed by atoms with E-state index in [0.29, 0.717) is 11.3 Å². The van der Waals surface area contributed by atoms with Crippen LogP contribution in [0.3, 0.4) is 0 Å². The fourth-order valence-electron chi connectivity index (χ4n) is 1.77. The maximum Gasteiger partial charge on any atom is 0.336 e. The molecule has 0 bridgehead atoms. The standard InChI is InChI=1S/C13H11NO3/c1-8-7-12(15)17-13-9(2)11(16-6-5-14)4-3-10(8)13/h3-4,7H,6H2,1-2H3. The molecule has 0 aliphatic carbocycles. The van der Waals surface area contributed by atoms with E-state index in [-0.39, 0.29) is 12.2 Å². The van der Waals surface area contributed by atoms with Gasteiger partial charge in [-0.25, -0.2) is 4.79 Å². The van der Waals surface area contributed by atoms with Gasteiger partial charge in [0, 0.05) is 17.0 Å². The van der Waals surface area contributed by atoms with Gasteiger partial charge in [-0.3, -0.25) is 0 Å². The second-order valence-electron chi connectivity index (χ2n) is 3.76. The average molecular weight is 229 g/mol. The molecule has 0 saturated carbocycles. The Morgan fingerprint density at radius 2 is 2.18 bits per heavy atom. The van der Waals surface area contributed by atoms with Crippen LogP contribution in [0.5, 0.6) is 5.75 Å². The number of hydrogen-bond donors (Lipinski definition) is 0. The van der Waals surface area contributed by atoms with Crippen molar-refractivity contribution in [3.63, 3.8) is 0 Å². The molecule has 0 radical (unpaired) electrons. The van der Waals surface area contributed by atoms with Crippen LogP contribution in [0.1, 0.15) is 11.1 Å². The fraction of sp³-hybridized carbons (Fsp3) is 0.231. The summed E-state index contributed by atoms with van der Waals surface area (Å²) in [5, 5.41) is 9.35. The molecule has 4 nitrogen and oxygen atoms in total. The van der Waals surface area contributed by atoms with E-state index in [4.69, 9.17) is 14.4 Å². The van der Waals surface area contributed by atoms with E-state index in [9.17, 15) is 4.79 Å². The third-order valence-corrected chi connectivity index (χ3v) is 2.61. The lowest BCUT2D eigenvalue weighted by Gasteiger charge is -2.08. The molecule has 1 aromatic carbocycles. The first-order chi connectivity index (χ1) is 8.13. The molecule has 0 amide bonds. The minimum atomic E-state index is -0.379. The fourth-order valence-corrected chi connectivity index (χ4v) is 1.77. The van der Waals surface area contributed by atoms with Gasteiger partial charge >= 0.3 is 5.63 Å². The summed E-state index contributed by atoms with van der Waals surface area (Å²) in [7, 11) is 0. The first kappa shape index (κ1) is 11.2. The van der Waals surface area contributed by atoms with Gasteiger partial charge in [-0.15, -0.1) is 0 Å². The van der Waals surface area contributed by atoms with Crippen molar-refractivity contribution >= 4 is 11.0 Å². The molecular weight excluding hydrogens is 218 g/mol. The van der Waals surface area contributed by atoms with Crippen LogP contribution >= 0.6 is 0 Å². The molecule has 2 rings (SSSR count). The highest BCUT2D eigenvalue weighted by atomic mass is 16.5. The van der Waals surface area contributed by atoms with Crippen molar-refractivity contribution in [2.24, 2.45) is 0 Å². The molecule has 0 unspecified atom stereocenters. The topological polar surface area (TPSA) is 63.2 Å². The normalized spacial score (nSPS) is 10.2. The molecule has 1 aromatic heterocycles. The molecule has 4 heteroatoms. The van der Waals surface area contributed by atoms with Crippen LogP contribution in [-0.4, -0.2) is 6.61 Å². The zero-order chi connectivity index (χ0) is 12.4. The molecule has 86 valence electrons. The number of benzene rings is 1. The number of ether oxygens (including phenoxy) is 1. The Morgan fingerprint density at radius 3 is 2.88 bits per heavy atom. The molecular formula is C13H11NO3. The van der Waals surface area contributed by atoms with Gasteiger partial charge in [0.2, 0.25) is 0 Å². The number of nitrogens with zero attached hydrogens (tertiary/aromatic N) is 1. The summed E-state index contributed by atoms with van der Waals surface area (Å²) < 4.78 is 10.4. The summed E-state index contributed by atoms with van der Waals surface area (Å²) in [5.74, 6) is 0.563. The summed E-state index contributed by atoms with van der Waals surface area (Å²) in [6, 6.07) is 6.96. The zero-order valence-corrected chi connectivity index (χ0v) is 9.61. The van der Waals surface area contributed by atoms with E-state index >= 15 is 0 Å². The molecule has 0 N–H and O–H groups in total. The SMILES string of the molecule is Cc1cc(=O)oc2c(C)c(OCC#N)ccc12. The van der Waals surface area contributed by atoms with Crippen molar-refractivity contribution in [1.29, 1.82) is 5.26 Å². The third-order valence-electron chi connectivity index (χ3n) is 2.61. The second kappa shape index (κ2) is 4.30. The van der Waals surface area contributed by atoms with Gasteiger partial charge in [-0.2, -0.15) is 5.26 Å². The Morgan fingerprint density at radius 1 is 1.41 bits per heavy atom. The van der Waals surface area contributed by atoms with Gasteiger partial charge in [0.25, 0.3) is 0 Å². The molecule has 0 spiro atoms. The molecule has 0 aliphatic heterocycles. The van der Waals surface area contributed by atoms with E-state index in [2.05, 4.69) is 0 Å². The van der Waals surface area contributed by atoms with Crippen LogP contribution < -0.4 is 10.4 Å². The molecule has 0 atom stereocenters. The van der Waals surface area contributed by atoms with Crippen LogP contribution in [0.15, 0.2) is 27.4 Å². The predicted octanol–water partition coefficient (Wildman–Crippen LogP) is 2.31. The quantitative estimate of drug-likeness (QED) is 0.741. The van der Waals surface area contributed by atoms with Crippen molar-refractivity contribution in [2.45, 2.75) is 13.8 Å². The maximum atomic E-state index is 11.3. The van der Waals surface area contributed by atoms with Gasteiger partial charge in [-0.05, 0) is 31.5 Å². The van der Waals surface area contributed by atoms with Crippen LogP contribution in [-0.2, 0) is 0 Å². The molecule has 2 aromatic rings. The van der Waals surface area contributed by atoms with Gasteiger partial charge in [-0.1, -0.05) is 0 Å². The Kier molecular flexibility index (Phi) is 2.84. The lowest BCUT2D eigenvalue weighted by atomic mass is 10.1. The van der Waals surface area contributed by atoms with Gasteiger partial charge in [0.1, 0.15) is 17.4 Å². The third kappa shape index (κ3) is 2.00. The summed E-state index contributed by atoms with van der Waals surface area (Å²) in [4.78, 5) is 11.3. The molecule has 0 saturated heterocycles. The lowest BCUT2D eigenvalue weighted by molar-refractivity contribution is 0.365. The first-order valence-electron chi connectivity index (χ1n) is 5.17. The van der Waals surface area contributed by atoms with Crippen molar-refractivity contribution in [3.8, 4) is 11.8 Å². The summed E-state index contributed by atoms with van der Waals surface area (Å²) in [6.45, 7) is 3.63. The van der Waals surface area contributed by atoms with Crippen LogP contribution in [0, 0.1) is 25.2 Å². The molecule has 0 aliphatic rings. The van der Waals surface area contributed by atoms with E-state index in [0.717, 1.165) is 16.5 Å². The first-order valence-corrected chi connectivity index (χ1v) is 5.17. The number of rotatable bonds is 2. The van der Waals surface area contributed by atoms with Crippen molar-refractivity contribution in [1.82, 2.24) is 0 Å². The average Bonchev–Trinajstić information content (AvgIpc) is 2.29. The monoisotopic (exact) mass is 229 g/mol. The molecule has 1 heterocycles. The number of fused-ring (bicyclic) bond motifs is 1. The summed E-state index contributed by atoms with van der Waals surface area (Å²) in [5.41, 5.74) is 1.74. The Hall–Kier alpha value is -2.28. The van der Waals surface area contributed by atoms with Crippen LogP contribution in [0.4, 0.5) is 0 Å². The number of nitriles is 1. The van der Waals surface area contributed by atoms with Gasteiger partial charge < -0.3 is 9.15 Å². The highest BCUT2D eigenvalue weighted by Crippen LogP contribution is 2.27. The largest absolute Gasteiger partial charge is 0.478 e. The Balaban J connectivity index is 2.67. The Labute approximate surface area is 98.0 Å². The lowest BCUT2D eigenvalue weighted by Crippen LogP contribution is -2.01.